The van der Waals surface area contributed by atoms with E-state index in [2.05, 4.69) is 34.9 Å². The van der Waals surface area contributed by atoms with Gasteiger partial charge in [-0.2, -0.15) is 0 Å². The minimum Gasteiger partial charge on any atom is -0.388 e. The van der Waals surface area contributed by atoms with Gasteiger partial charge in [0.1, 0.15) is 10.7 Å². The van der Waals surface area contributed by atoms with Crippen molar-refractivity contribution in [1.82, 2.24) is 9.88 Å². The number of hydrogen-bond acceptors (Lipinski definition) is 4. The quantitative estimate of drug-likeness (QED) is 0.846. The number of anilines is 1. The molecule has 1 fully saturated rings. The minimum atomic E-state index is 0.381. The monoisotopic (exact) mass is 278 g/mol. The lowest BCUT2D eigenvalue weighted by atomic mass is 9.96. The maximum Gasteiger partial charge on any atom is 0.124 e. The molecule has 0 saturated carbocycles. The van der Waals surface area contributed by atoms with Gasteiger partial charge >= 0.3 is 0 Å². The van der Waals surface area contributed by atoms with Crippen molar-refractivity contribution in [3.05, 3.63) is 24.0 Å². The summed E-state index contributed by atoms with van der Waals surface area (Å²) in [5.74, 6) is 0.788. The van der Waals surface area contributed by atoms with E-state index in [-0.39, 0.29) is 0 Å². The highest BCUT2D eigenvalue weighted by atomic mass is 32.1. The predicted octanol–water partition coefficient (Wildman–Crippen LogP) is 1.49. The van der Waals surface area contributed by atoms with Crippen molar-refractivity contribution in [2.75, 3.05) is 38.6 Å². The molecule has 1 aromatic heterocycles. The van der Waals surface area contributed by atoms with Crippen molar-refractivity contribution in [3.63, 3.8) is 0 Å². The summed E-state index contributed by atoms with van der Waals surface area (Å²) in [5, 5.41) is 0. The fourth-order valence-electron chi connectivity index (χ4n) is 2.71. The highest BCUT2D eigenvalue weighted by Gasteiger charge is 2.22. The number of piperidine rings is 1. The molecule has 1 aliphatic rings. The van der Waals surface area contributed by atoms with Crippen LogP contribution < -0.4 is 10.6 Å². The molecule has 1 aromatic rings. The van der Waals surface area contributed by atoms with Gasteiger partial charge in [-0.3, -0.25) is 4.98 Å². The van der Waals surface area contributed by atoms with Crippen LogP contribution in [0.15, 0.2) is 18.3 Å². The van der Waals surface area contributed by atoms with E-state index in [4.69, 9.17) is 18.0 Å². The first-order valence-electron chi connectivity index (χ1n) is 6.72. The largest absolute Gasteiger partial charge is 0.388 e. The lowest BCUT2D eigenvalue weighted by molar-refractivity contribution is 0.285. The van der Waals surface area contributed by atoms with Crippen LogP contribution in [0.4, 0.5) is 5.69 Å². The van der Waals surface area contributed by atoms with Crippen LogP contribution in [0.3, 0.4) is 0 Å². The number of thiocarbonyl (C=S) groups is 1. The Balaban J connectivity index is 2.04. The third-order valence-corrected chi connectivity index (χ3v) is 3.79. The van der Waals surface area contributed by atoms with Crippen LogP contribution in [0.5, 0.6) is 0 Å². The lowest BCUT2D eigenvalue weighted by Gasteiger charge is -2.35. The maximum atomic E-state index is 5.75. The van der Waals surface area contributed by atoms with E-state index < -0.39 is 0 Å². The number of pyridine rings is 1. The van der Waals surface area contributed by atoms with E-state index in [0.717, 1.165) is 30.4 Å². The van der Waals surface area contributed by atoms with Crippen molar-refractivity contribution >= 4 is 22.9 Å². The van der Waals surface area contributed by atoms with Crippen LogP contribution in [-0.2, 0) is 0 Å². The van der Waals surface area contributed by atoms with Gasteiger partial charge in [-0.05, 0) is 45.0 Å². The van der Waals surface area contributed by atoms with Gasteiger partial charge in [0.2, 0.25) is 0 Å². The molecular formula is C14H22N4S. The summed E-state index contributed by atoms with van der Waals surface area (Å²) in [6.07, 6.45) is 4.17. The second-order valence-corrected chi connectivity index (χ2v) is 5.87. The number of nitrogens with zero attached hydrogens (tertiary/aromatic N) is 3. The number of nitrogens with two attached hydrogens (primary N) is 1. The summed E-state index contributed by atoms with van der Waals surface area (Å²) in [5.41, 5.74) is 7.59. The molecule has 4 nitrogen and oxygen atoms in total. The minimum absolute atomic E-state index is 0.381. The second kappa shape index (κ2) is 6.30. The summed E-state index contributed by atoms with van der Waals surface area (Å²) < 4.78 is 0. The Kier molecular flexibility index (Phi) is 4.71. The van der Waals surface area contributed by atoms with E-state index >= 15 is 0 Å². The van der Waals surface area contributed by atoms with Gasteiger partial charge in [0, 0.05) is 25.8 Å². The molecule has 0 amide bonds. The zero-order valence-corrected chi connectivity index (χ0v) is 12.5. The molecule has 0 spiro atoms. The lowest BCUT2D eigenvalue weighted by Crippen LogP contribution is -2.38. The van der Waals surface area contributed by atoms with Gasteiger partial charge < -0.3 is 15.5 Å². The second-order valence-electron chi connectivity index (χ2n) is 5.43. The van der Waals surface area contributed by atoms with Crippen LogP contribution >= 0.6 is 12.2 Å². The molecule has 2 heterocycles. The summed E-state index contributed by atoms with van der Waals surface area (Å²) in [4.78, 5) is 9.31. The Morgan fingerprint density at radius 2 is 2.16 bits per heavy atom. The molecule has 0 aromatic carbocycles. The predicted molar refractivity (Wildman–Crippen MR) is 83.6 cm³/mol. The van der Waals surface area contributed by atoms with E-state index in [1.54, 1.807) is 6.20 Å². The molecule has 1 saturated heterocycles. The van der Waals surface area contributed by atoms with Crippen LogP contribution in [0.25, 0.3) is 0 Å². The van der Waals surface area contributed by atoms with E-state index in [1.165, 1.54) is 19.4 Å². The van der Waals surface area contributed by atoms with Gasteiger partial charge in [-0.1, -0.05) is 12.2 Å². The SMILES string of the molecule is CN(C)CC1CCN(c2cccnc2C(N)=S)CC1. The van der Waals surface area contributed by atoms with Crippen molar-refractivity contribution in [3.8, 4) is 0 Å². The molecule has 104 valence electrons. The zero-order chi connectivity index (χ0) is 13.8. The highest BCUT2D eigenvalue weighted by molar-refractivity contribution is 7.80. The first-order valence-corrected chi connectivity index (χ1v) is 7.13. The first-order chi connectivity index (χ1) is 9.08. The van der Waals surface area contributed by atoms with E-state index in [9.17, 15) is 0 Å². The molecule has 0 atom stereocenters. The Bertz CT molecular complexity index is 439. The maximum absolute atomic E-state index is 5.75. The van der Waals surface area contributed by atoms with Crippen molar-refractivity contribution in [1.29, 1.82) is 0 Å². The Morgan fingerprint density at radius 1 is 1.47 bits per heavy atom. The third-order valence-electron chi connectivity index (χ3n) is 3.60. The summed E-state index contributed by atoms with van der Waals surface area (Å²) in [6.45, 7) is 3.28. The van der Waals surface area contributed by atoms with Gasteiger partial charge in [0.05, 0.1) is 5.69 Å². The van der Waals surface area contributed by atoms with E-state index in [0.29, 0.717) is 4.99 Å². The smallest absolute Gasteiger partial charge is 0.124 e. The van der Waals surface area contributed by atoms with Gasteiger partial charge in [-0.15, -0.1) is 0 Å². The number of hydrogen-bond donors (Lipinski definition) is 1. The molecule has 2 rings (SSSR count). The molecule has 0 bridgehead atoms. The molecule has 1 aliphatic heterocycles. The fourth-order valence-corrected chi connectivity index (χ4v) is 2.87. The molecule has 19 heavy (non-hydrogen) atoms. The van der Waals surface area contributed by atoms with Gasteiger partial charge in [0.25, 0.3) is 0 Å². The third kappa shape index (κ3) is 3.64. The Morgan fingerprint density at radius 3 is 2.74 bits per heavy atom. The summed E-state index contributed by atoms with van der Waals surface area (Å²) in [6, 6.07) is 4.01. The molecule has 5 heteroatoms. The number of aromatic nitrogens is 1. The molecule has 0 unspecified atom stereocenters. The molecule has 2 N–H and O–H groups in total. The van der Waals surface area contributed by atoms with Crippen molar-refractivity contribution in [2.24, 2.45) is 11.7 Å². The van der Waals surface area contributed by atoms with Crippen molar-refractivity contribution in [2.45, 2.75) is 12.8 Å². The molecule has 0 aliphatic carbocycles. The van der Waals surface area contributed by atoms with Gasteiger partial charge in [-0.25, -0.2) is 0 Å². The Hall–Kier alpha value is -1.20. The first kappa shape index (κ1) is 14.2. The van der Waals surface area contributed by atoms with Gasteiger partial charge in [0.15, 0.2) is 0 Å². The van der Waals surface area contributed by atoms with Crippen LogP contribution in [0, 0.1) is 5.92 Å². The normalized spacial score (nSPS) is 16.9. The highest BCUT2D eigenvalue weighted by Crippen LogP contribution is 2.25. The standard InChI is InChI=1S/C14H22N4S/c1-17(2)10-11-5-8-18(9-6-11)12-4-3-7-16-13(12)14(15)19/h3-4,7,11H,5-6,8-10H2,1-2H3,(H2,15,19). The molecule has 0 radical (unpaired) electrons. The van der Waals surface area contributed by atoms with E-state index in [1.807, 2.05) is 6.07 Å². The van der Waals surface area contributed by atoms with Crippen molar-refractivity contribution < 1.29 is 0 Å². The zero-order valence-electron chi connectivity index (χ0n) is 11.7. The summed E-state index contributed by atoms with van der Waals surface area (Å²) in [7, 11) is 4.27. The average Bonchev–Trinajstić information content (AvgIpc) is 2.39. The fraction of sp³-hybridized carbons (Fsp3) is 0.571. The average molecular weight is 278 g/mol. The Labute approximate surface area is 120 Å². The molecular weight excluding hydrogens is 256 g/mol. The topological polar surface area (TPSA) is 45.4 Å². The van der Waals surface area contributed by atoms with Crippen LogP contribution in [-0.4, -0.2) is 48.6 Å². The van der Waals surface area contributed by atoms with Crippen LogP contribution in [0.1, 0.15) is 18.5 Å². The number of rotatable bonds is 4. The van der Waals surface area contributed by atoms with Crippen LogP contribution in [0.2, 0.25) is 0 Å². The summed E-state index contributed by atoms with van der Waals surface area (Å²) >= 11 is 5.08.